The van der Waals surface area contributed by atoms with Crippen LogP contribution in [-0.4, -0.2) is 44.1 Å². The van der Waals surface area contributed by atoms with Gasteiger partial charge in [0, 0.05) is 26.4 Å². The first-order chi connectivity index (χ1) is 10.4. The molecule has 6 nitrogen and oxygen atoms in total. The van der Waals surface area contributed by atoms with E-state index in [2.05, 4.69) is 24.7 Å². The zero-order valence-corrected chi connectivity index (χ0v) is 15.1. The molecule has 1 aromatic heterocycles. The molecule has 0 amide bonds. The summed E-state index contributed by atoms with van der Waals surface area (Å²) < 4.78 is 17.1. The van der Waals surface area contributed by atoms with E-state index < -0.39 is 14.0 Å². The van der Waals surface area contributed by atoms with Gasteiger partial charge in [-0.25, -0.2) is 9.48 Å². The van der Waals surface area contributed by atoms with Gasteiger partial charge in [0.05, 0.1) is 20.0 Å². The number of carbonyl (C=O) groups excluding carboxylic acids is 1. The largest absolute Gasteiger partial charge is 0.501 e. The van der Waals surface area contributed by atoms with Gasteiger partial charge in [0.1, 0.15) is 6.73 Å². The Kier molecular flexibility index (Phi) is 7.33. The highest BCUT2D eigenvalue weighted by molar-refractivity contribution is 6.76. The molecule has 0 aliphatic carbocycles. The van der Waals surface area contributed by atoms with Crippen molar-refractivity contribution in [3.63, 3.8) is 0 Å². The molecule has 22 heavy (non-hydrogen) atoms. The fraction of sp³-hybridized carbons (Fsp3) is 0.600. The number of rotatable bonds is 9. The summed E-state index contributed by atoms with van der Waals surface area (Å²) in [5.74, 6) is -0.475. The van der Waals surface area contributed by atoms with E-state index in [0.29, 0.717) is 25.5 Å². The molecule has 0 saturated heterocycles. The molecule has 1 heterocycles. The van der Waals surface area contributed by atoms with Crippen LogP contribution in [0.4, 0.5) is 0 Å². The number of methoxy groups -OCH3 is 1. The highest BCUT2D eigenvalue weighted by atomic mass is 28.3. The predicted molar refractivity (Wildman–Crippen MR) is 88.3 cm³/mol. The van der Waals surface area contributed by atoms with Crippen LogP contribution in [0.25, 0.3) is 6.08 Å². The normalized spacial score (nSPS) is 11.9. The molecule has 0 bridgehead atoms. The van der Waals surface area contributed by atoms with E-state index in [-0.39, 0.29) is 5.69 Å². The zero-order valence-electron chi connectivity index (χ0n) is 14.1. The van der Waals surface area contributed by atoms with E-state index in [1.54, 1.807) is 23.2 Å². The fourth-order valence-electron chi connectivity index (χ4n) is 1.63. The maximum atomic E-state index is 11.7. The Labute approximate surface area is 133 Å². The number of carbonyl (C=O) groups is 1. The van der Waals surface area contributed by atoms with E-state index in [4.69, 9.17) is 14.2 Å². The monoisotopic (exact) mass is 326 g/mol. The van der Waals surface area contributed by atoms with Crippen LogP contribution in [0.15, 0.2) is 12.5 Å². The highest BCUT2D eigenvalue weighted by Crippen LogP contribution is 2.12. The topological polar surface area (TPSA) is 62.6 Å². The van der Waals surface area contributed by atoms with Crippen LogP contribution in [0.3, 0.4) is 0 Å². The first-order valence-corrected chi connectivity index (χ1v) is 11.1. The van der Waals surface area contributed by atoms with Crippen molar-refractivity contribution in [3.8, 4) is 0 Å². The number of esters is 1. The minimum absolute atomic E-state index is 0.257. The first kappa shape index (κ1) is 18.4. The van der Waals surface area contributed by atoms with Crippen LogP contribution in [0, 0.1) is 0 Å². The van der Waals surface area contributed by atoms with Gasteiger partial charge < -0.3 is 14.2 Å². The fourth-order valence-corrected chi connectivity index (χ4v) is 2.39. The standard InChI is InChI=1S/C15H26N2O4Si/c1-6-20-8-7-13-11-17(16-14(13)15(18)19-2)12-21-9-10-22(3,4)5/h7-8,11H,6,9-10,12H2,1-5H3. The highest BCUT2D eigenvalue weighted by Gasteiger charge is 2.16. The predicted octanol–water partition coefficient (Wildman–Crippen LogP) is 2.99. The third kappa shape index (κ3) is 6.44. The zero-order chi connectivity index (χ0) is 16.6. The molecule has 0 spiro atoms. The van der Waals surface area contributed by atoms with Crippen LogP contribution in [-0.2, 0) is 20.9 Å². The molecule has 0 aliphatic rings. The van der Waals surface area contributed by atoms with Gasteiger partial charge in [-0.1, -0.05) is 19.6 Å². The average Bonchev–Trinajstić information content (AvgIpc) is 2.85. The van der Waals surface area contributed by atoms with Crippen molar-refractivity contribution in [1.82, 2.24) is 9.78 Å². The van der Waals surface area contributed by atoms with E-state index in [9.17, 15) is 4.79 Å². The Bertz CT molecular complexity index is 506. The Morgan fingerprint density at radius 2 is 2.14 bits per heavy atom. The Morgan fingerprint density at radius 1 is 1.41 bits per heavy atom. The van der Waals surface area contributed by atoms with Crippen molar-refractivity contribution in [2.24, 2.45) is 0 Å². The summed E-state index contributed by atoms with van der Waals surface area (Å²) in [4.78, 5) is 11.7. The minimum Gasteiger partial charge on any atom is -0.501 e. The molecule has 1 aromatic rings. The lowest BCUT2D eigenvalue weighted by Gasteiger charge is -2.15. The Hall–Kier alpha value is -1.60. The lowest BCUT2D eigenvalue weighted by Crippen LogP contribution is -2.22. The average molecular weight is 326 g/mol. The lowest BCUT2D eigenvalue weighted by atomic mass is 10.2. The number of aromatic nitrogens is 2. The van der Waals surface area contributed by atoms with Crippen LogP contribution < -0.4 is 0 Å². The summed E-state index contributed by atoms with van der Waals surface area (Å²) in [6.45, 7) is 10.4. The molecule has 0 radical (unpaired) electrons. The summed E-state index contributed by atoms with van der Waals surface area (Å²) in [5, 5.41) is 4.22. The van der Waals surface area contributed by atoms with Crippen molar-refractivity contribution < 1.29 is 19.0 Å². The van der Waals surface area contributed by atoms with Gasteiger partial charge in [0.25, 0.3) is 0 Å². The van der Waals surface area contributed by atoms with Gasteiger partial charge in [0.2, 0.25) is 0 Å². The van der Waals surface area contributed by atoms with Gasteiger partial charge >= 0.3 is 5.97 Å². The summed E-state index contributed by atoms with van der Waals surface area (Å²) in [7, 11) is 0.232. The third-order valence-corrected chi connectivity index (χ3v) is 4.60. The lowest BCUT2D eigenvalue weighted by molar-refractivity contribution is 0.0582. The second-order valence-electron chi connectivity index (χ2n) is 6.07. The van der Waals surface area contributed by atoms with Crippen LogP contribution in [0.5, 0.6) is 0 Å². The van der Waals surface area contributed by atoms with Gasteiger partial charge in [-0.15, -0.1) is 0 Å². The van der Waals surface area contributed by atoms with Crippen molar-refractivity contribution in [2.75, 3.05) is 20.3 Å². The van der Waals surface area contributed by atoms with E-state index in [0.717, 1.165) is 6.04 Å². The molecule has 0 aromatic carbocycles. The van der Waals surface area contributed by atoms with Crippen molar-refractivity contribution >= 4 is 20.1 Å². The summed E-state index contributed by atoms with van der Waals surface area (Å²) in [6, 6.07) is 1.09. The summed E-state index contributed by atoms with van der Waals surface area (Å²) in [6.07, 6.45) is 4.98. The van der Waals surface area contributed by atoms with Crippen LogP contribution in [0.1, 0.15) is 23.0 Å². The molecular weight excluding hydrogens is 300 g/mol. The molecule has 1 rings (SSSR count). The molecule has 0 N–H and O–H groups in total. The van der Waals surface area contributed by atoms with Crippen LogP contribution in [0.2, 0.25) is 25.7 Å². The molecule has 0 saturated carbocycles. The molecule has 124 valence electrons. The second-order valence-corrected chi connectivity index (χ2v) is 11.7. The minimum atomic E-state index is -1.10. The van der Waals surface area contributed by atoms with Crippen LogP contribution >= 0.6 is 0 Å². The summed E-state index contributed by atoms with van der Waals surface area (Å²) >= 11 is 0. The van der Waals surface area contributed by atoms with Crippen molar-refractivity contribution in [2.45, 2.75) is 39.3 Å². The van der Waals surface area contributed by atoms with E-state index in [1.165, 1.54) is 7.11 Å². The van der Waals surface area contributed by atoms with Gasteiger partial charge in [-0.3, -0.25) is 0 Å². The van der Waals surface area contributed by atoms with Crippen molar-refractivity contribution in [3.05, 3.63) is 23.7 Å². The maximum Gasteiger partial charge on any atom is 0.359 e. The molecule has 0 fully saturated rings. The smallest absolute Gasteiger partial charge is 0.359 e. The molecule has 7 heteroatoms. The molecule has 0 aliphatic heterocycles. The number of hydrogen-bond acceptors (Lipinski definition) is 5. The second kappa shape index (κ2) is 8.75. The quantitative estimate of drug-likeness (QED) is 0.302. The molecule has 0 unspecified atom stereocenters. The van der Waals surface area contributed by atoms with Gasteiger partial charge in [-0.05, 0) is 19.0 Å². The SMILES string of the molecule is CCOC=Cc1cn(COCC[Si](C)(C)C)nc1C(=O)OC. The Morgan fingerprint density at radius 3 is 2.73 bits per heavy atom. The molecular formula is C15H26N2O4Si. The van der Waals surface area contributed by atoms with Gasteiger partial charge in [0.15, 0.2) is 5.69 Å². The number of nitrogens with zero attached hydrogens (tertiary/aromatic N) is 2. The maximum absolute atomic E-state index is 11.7. The summed E-state index contributed by atoms with van der Waals surface area (Å²) in [5.41, 5.74) is 0.904. The van der Waals surface area contributed by atoms with Crippen molar-refractivity contribution in [1.29, 1.82) is 0 Å². The molecule has 0 atom stereocenters. The number of hydrogen-bond donors (Lipinski definition) is 0. The van der Waals surface area contributed by atoms with E-state index in [1.807, 2.05) is 6.92 Å². The number of ether oxygens (including phenoxy) is 3. The first-order valence-electron chi connectivity index (χ1n) is 7.39. The van der Waals surface area contributed by atoms with E-state index >= 15 is 0 Å². The van der Waals surface area contributed by atoms with Gasteiger partial charge in [-0.2, -0.15) is 5.10 Å². The Balaban J connectivity index is 2.69. The third-order valence-electron chi connectivity index (χ3n) is 2.90.